The third-order valence-electron chi connectivity index (χ3n) is 10.1. The zero-order valence-corrected chi connectivity index (χ0v) is 29.0. The molecule has 1 atom stereocenters. The number of fused-ring (bicyclic) bond motifs is 1. The summed E-state index contributed by atoms with van der Waals surface area (Å²) >= 11 is 0. The number of nitriles is 1. The summed E-state index contributed by atoms with van der Waals surface area (Å²) in [6.07, 6.45) is 2.75. The molecule has 3 aliphatic heterocycles. The number of methoxy groups -OCH3 is 1. The van der Waals surface area contributed by atoms with Crippen LogP contribution in [0, 0.1) is 11.3 Å². The summed E-state index contributed by atoms with van der Waals surface area (Å²) in [6.45, 7) is 10.3. The number of rotatable bonds is 10. The number of piperazine rings is 1. The molecular weight excluding hydrogens is 644 g/mol. The van der Waals surface area contributed by atoms with Gasteiger partial charge in [0.25, 0.3) is 15.9 Å². The van der Waals surface area contributed by atoms with E-state index in [4.69, 9.17) is 9.47 Å². The Bertz CT molecular complexity index is 1860. The molecule has 2 fully saturated rings. The van der Waals surface area contributed by atoms with Gasteiger partial charge in [-0.25, -0.2) is 17.7 Å². The quantitative estimate of drug-likeness (QED) is 0.312. The molecule has 4 heterocycles. The van der Waals surface area contributed by atoms with Gasteiger partial charge in [0.15, 0.2) is 0 Å². The Morgan fingerprint density at radius 2 is 1.73 bits per heavy atom. The molecule has 13 heteroatoms. The number of amides is 2. The van der Waals surface area contributed by atoms with E-state index in [-0.39, 0.29) is 57.8 Å². The summed E-state index contributed by atoms with van der Waals surface area (Å²) in [5.41, 5.74) is -1.11. The van der Waals surface area contributed by atoms with E-state index < -0.39 is 21.3 Å². The standard InChI is InChI=1S/C36H42N6O6S/c1-4-39-19-21-40(22-20-39)27-14-17-41(18-15-27)33(43)24-36(28-9-8-16-38-34(28)48-5-2)29-23-26(25-37)12-13-30(29)42(35(36)44)49(45,46)32-11-7-6-10-31(32)47-3/h6-13,16,23,27H,4-5,14-15,17-22,24H2,1-3H3. The summed E-state index contributed by atoms with van der Waals surface area (Å²) < 4.78 is 41.0. The van der Waals surface area contributed by atoms with Gasteiger partial charge in [0, 0.05) is 63.5 Å². The molecule has 0 aliphatic carbocycles. The summed E-state index contributed by atoms with van der Waals surface area (Å²) in [4.78, 5) is 40.5. The SMILES string of the molecule is CCOc1ncccc1C1(CC(=O)N2CCC(N3CCN(CC)CC3)CC2)C(=O)N(S(=O)(=O)c2ccccc2OC)c2ccc(C#N)cc21. The van der Waals surface area contributed by atoms with E-state index in [1.807, 2.05) is 0 Å². The van der Waals surface area contributed by atoms with Gasteiger partial charge in [-0.3, -0.25) is 14.5 Å². The third kappa shape index (κ3) is 6.13. The number of nitrogens with zero attached hydrogens (tertiary/aromatic N) is 6. The van der Waals surface area contributed by atoms with E-state index in [1.54, 1.807) is 36.1 Å². The van der Waals surface area contributed by atoms with Crippen molar-refractivity contribution in [1.29, 1.82) is 5.26 Å². The van der Waals surface area contributed by atoms with Crippen LogP contribution < -0.4 is 13.8 Å². The van der Waals surface area contributed by atoms with Gasteiger partial charge in [-0.2, -0.15) is 5.26 Å². The fraction of sp³-hybridized carbons (Fsp3) is 0.444. The van der Waals surface area contributed by atoms with E-state index in [1.165, 1.54) is 43.6 Å². The van der Waals surface area contributed by atoms with Crippen LogP contribution in [-0.2, 0) is 25.0 Å². The maximum atomic E-state index is 15.1. The smallest absolute Gasteiger partial charge is 0.274 e. The average Bonchev–Trinajstić information content (AvgIpc) is 3.39. The predicted octanol–water partition coefficient (Wildman–Crippen LogP) is 3.40. The van der Waals surface area contributed by atoms with Crippen molar-refractivity contribution in [2.75, 3.05) is 63.8 Å². The maximum absolute atomic E-state index is 15.1. The number of ether oxygens (including phenoxy) is 2. The minimum absolute atomic E-state index is 0.0546. The van der Waals surface area contributed by atoms with Gasteiger partial charge < -0.3 is 19.3 Å². The number of likely N-dealkylation sites (tertiary alicyclic amines) is 1. The highest BCUT2D eigenvalue weighted by atomic mass is 32.2. The van der Waals surface area contributed by atoms with Crippen LogP contribution in [0.4, 0.5) is 5.69 Å². The molecule has 6 rings (SSSR count). The molecule has 3 aromatic rings. The van der Waals surface area contributed by atoms with Crippen LogP contribution >= 0.6 is 0 Å². The van der Waals surface area contributed by atoms with Gasteiger partial charge in [-0.15, -0.1) is 0 Å². The molecule has 12 nitrogen and oxygen atoms in total. The lowest BCUT2D eigenvalue weighted by atomic mass is 9.72. The number of likely N-dealkylation sites (N-methyl/N-ethyl adjacent to an activating group) is 1. The van der Waals surface area contributed by atoms with Gasteiger partial charge in [0.05, 0.1) is 31.0 Å². The van der Waals surface area contributed by atoms with Crippen molar-refractivity contribution in [3.05, 3.63) is 77.5 Å². The lowest BCUT2D eigenvalue weighted by molar-refractivity contribution is -0.136. The zero-order chi connectivity index (χ0) is 34.8. The third-order valence-corrected chi connectivity index (χ3v) is 11.8. The predicted molar refractivity (Wildman–Crippen MR) is 183 cm³/mol. The van der Waals surface area contributed by atoms with Gasteiger partial charge in [0.1, 0.15) is 16.1 Å². The Hall–Kier alpha value is -4.51. The molecule has 0 N–H and O–H groups in total. The van der Waals surface area contributed by atoms with Crippen molar-refractivity contribution in [2.24, 2.45) is 0 Å². The first kappa shape index (κ1) is 34.4. The van der Waals surface area contributed by atoms with Gasteiger partial charge in [0.2, 0.25) is 11.8 Å². The number of sulfonamides is 1. The second-order valence-electron chi connectivity index (χ2n) is 12.5. The molecule has 0 radical (unpaired) electrons. The van der Waals surface area contributed by atoms with Crippen LogP contribution in [-0.4, -0.2) is 105 Å². The minimum Gasteiger partial charge on any atom is -0.495 e. The van der Waals surface area contributed by atoms with Crippen molar-refractivity contribution in [1.82, 2.24) is 19.7 Å². The van der Waals surface area contributed by atoms with Crippen LogP contribution in [0.5, 0.6) is 11.6 Å². The topological polar surface area (TPSA) is 136 Å². The van der Waals surface area contributed by atoms with Crippen LogP contribution in [0.1, 0.15) is 49.8 Å². The highest BCUT2D eigenvalue weighted by Crippen LogP contribution is 2.53. The monoisotopic (exact) mass is 686 g/mol. The maximum Gasteiger partial charge on any atom is 0.274 e. The number of aromatic nitrogens is 1. The normalized spacial score (nSPS) is 20.6. The molecule has 1 unspecified atom stereocenters. The van der Waals surface area contributed by atoms with Gasteiger partial charge >= 0.3 is 0 Å². The van der Waals surface area contributed by atoms with Crippen LogP contribution in [0.3, 0.4) is 0 Å². The molecule has 0 bridgehead atoms. The average molecular weight is 687 g/mol. The minimum atomic E-state index is -4.57. The molecule has 49 heavy (non-hydrogen) atoms. The number of para-hydroxylation sites is 1. The molecule has 0 spiro atoms. The van der Waals surface area contributed by atoms with Crippen LogP contribution in [0.2, 0.25) is 0 Å². The van der Waals surface area contributed by atoms with E-state index in [2.05, 4.69) is 27.8 Å². The van der Waals surface area contributed by atoms with Crippen molar-refractivity contribution >= 4 is 27.5 Å². The number of pyridine rings is 1. The largest absolute Gasteiger partial charge is 0.495 e. The second kappa shape index (κ2) is 14.2. The molecule has 2 amide bonds. The second-order valence-corrected chi connectivity index (χ2v) is 14.3. The van der Waals surface area contributed by atoms with Crippen molar-refractivity contribution in [2.45, 2.75) is 49.5 Å². The Labute approximate surface area is 287 Å². The highest BCUT2D eigenvalue weighted by molar-refractivity contribution is 7.93. The molecule has 0 saturated carbocycles. The van der Waals surface area contributed by atoms with E-state index in [9.17, 15) is 18.5 Å². The van der Waals surface area contributed by atoms with Gasteiger partial charge in [-0.1, -0.05) is 25.1 Å². The Balaban J connectivity index is 1.42. The lowest BCUT2D eigenvalue weighted by Gasteiger charge is -2.43. The first-order valence-electron chi connectivity index (χ1n) is 16.8. The van der Waals surface area contributed by atoms with Crippen LogP contribution in [0.25, 0.3) is 0 Å². The summed E-state index contributed by atoms with van der Waals surface area (Å²) in [5, 5.41) is 9.93. The summed E-state index contributed by atoms with van der Waals surface area (Å²) in [6, 6.07) is 16.2. The number of hydrogen-bond acceptors (Lipinski definition) is 10. The summed E-state index contributed by atoms with van der Waals surface area (Å²) in [5.74, 6) is -0.969. The molecule has 3 aliphatic rings. The first-order chi connectivity index (χ1) is 23.7. The fourth-order valence-corrected chi connectivity index (χ4v) is 9.09. The number of anilines is 1. The number of piperidine rings is 1. The highest BCUT2D eigenvalue weighted by Gasteiger charge is 2.59. The molecule has 1 aromatic heterocycles. The van der Waals surface area contributed by atoms with Crippen LogP contribution in [0.15, 0.2) is 65.7 Å². The molecule has 2 saturated heterocycles. The van der Waals surface area contributed by atoms with Crippen molar-refractivity contribution in [3.63, 3.8) is 0 Å². The zero-order valence-electron chi connectivity index (χ0n) is 28.2. The number of carbonyl (C=O) groups excluding carboxylic acids is 2. The number of carbonyl (C=O) groups is 2. The Morgan fingerprint density at radius 1 is 1.00 bits per heavy atom. The number of benzene rings is 2. The van der Waals surface area contributed by atoms with E-state index >= 15 is 4.79 Å². The fourth-order valence-electron chi connectivity index (χ4n) is 7.45. The van der Waals surface area contributed by atoms with Crippen molar-refractivity contribution in [3.8, 4) is 17.7 Å². The lowest BCUT2D eigenvalue weighted by Crippen LogP contribution is -2.54. The Kier molecular flexibility index (Phi) is 9.92. The van der Waals surface area contributed by atoms with Crippen molar-refractivity contribution < 1.29 is 27.5 Å². The first-order valence-corrected chi connectivity index (χ1v) is 18.2. The van der Waals surface area contributed by atoms with Gasteiger partial charge in [-0.05, 0) is 68.3 Å². The molecule has 258 valence electrons. The summed E-state index contributed by atoms with van der Waals surface area (Å²) in [7, 11) is -3.22. The van der Waals surface area contributed by atoms with E-state index in [0.717, 1.165) is 49.9 Å². The molecular formula is C36H42N6O6S. The Morgan fingerprint density at radius 3 is 2.41 bits per heavy atom. The number of hydrogen-bond donors (Lipinski definition) is 0. The molecule has 2 aromatic carbocycles. The van der Waals surface area contributed by atoms with E-state index in [0.29, 0.717) is 19.1 Å².